The van der Waals surface area contributed by atoms with E-state index in [0.717, 1.165) is 0 Å². The second-order valence-corrected chi connectivity index (χ2v) is 5.63. The highest BCUT2D eigenvalue weighted by Crippen LogP contribution is 2.26. The number of rotatable bonds is 4. The summed E-state index contributed by atoms with van der Waals surface area (Å²) < 4.78 is 22.9. The molecule has 0 bridgehead atoms. The molecule has 10 heteroatoms. The van der Waals surface area contributed by atoms with Crippen LogP contribution in [0.3, 0.4) is 0 Å². The number of aryl methyl sites for hydroxylation is 1. The average molecular weight is 343 g/mol. The van der Waals surface area contributed by atoms with Crippen molar-refractivity contribution >= 4 is 11.8 Å². The van der Waals surface area contributed by atoms with Crippen LogP contribution in [0.4, 0.5) is 14.9 Å². The first-order valence-corrected chi connectivity index (χ1v) is 7.60. The van der Waals surface area contributed by atoms with Crippen molar-refractivity contribution in [1.29, 1.82) is 0 Å². The summed E-state index contributed by atoms with van der Waals surface area (Å²) in [4.78, 5) is 17.6. The van der Waals surface area contributed by atoms with Gasteiger partial charge in [0.05, 0.1) is 24.5 Å². The van der Waals surface area contributed by atoms with E-state index in [1.807, 2.05) is 0 Å². The van der Waals surface area contributed by atoms with E-state index in [4.69, 9.17) is 4.74 Å². The molecule has 0 aliphatic carbocycles. The molecule has 9 nitrogen and oxygen atoms in total. The van der Waals surface area contributed by atoms with Gasteiger partial charge in [-0.15, -0.1) is 5.10 Å². The minimum atomic E-state index is -0.524. The Labute approximate surface area is 141 Å². The summed E-state index contributed by atoms with van der Waals surface area (Å²) >= 11 is 0. The van der Waals surface area contributed by atoms with Crippen LogP contribution in [0.2, 0.25) is 0 Å². The van der Waals surface area contributed by atoms with Gasteiger partial charge in [0.15, 0.2) is 0 Å². The molecule has 1 fully saturated rings. The summed E-state index contributed by atoms with van der Waals surface area (Å²) in [5.41, 5.74) is 0.805. The normalized spacial score (nSPS) is 17.1. The highest BCUT2D eigenvalue weighted by Gasteiger charge is 2.33. The Morgan fingerprint density at radius 3 is 2.96 bits per heavy atom. The molecule has 1 aliphatic heterocycles. The number of imidazole rings is 1. The number of tetrazole rings is 1. The third kappa shape index (κ3) is 2.82. The molecule has 1 saturated heterocycles. The molecule has 25 heavy (non-hydrogen) atoms. The summed E-state index contributed by atoms with van der Waals surface area (Å²) in [6.07, 6.45) is 3.79. The fourth-order valence-corrected chi connectivity index (χ4v) is 2.79. The van der Waals surface area contributed by atoms with Crippen molar-refractivity contribution in [2.75, 3.05) is 11.4 Å². The van der Waals surface area contributed by atoms with Crippen molar-refractivity contribution in [1.82, 2.24) is 29.8 Å². The number of carbonyl (C=O) groups excluding carboxylic acids is 1. The number of carbonyl (C=O) groups is 1. The van der Waals surface area contributed by atoms with Crippen molar-refractivity contribution in [2.45, 2.75) is 19.6 Å². The van der Waals surface area contributed by atoms with Crippen LogP contribution >= 0.6 is 0 Å². The van der Waals surface area contributed by atoms with E-state index in [1.54, 1.807) is 36.0 Å². The number of benzene rings is 1. The first-order chi connectivity index (χ1) is 12.1. The number of ether oxygens (including phenoxy) is 1. The molecule has 3 heterocycles. The van der Waals surface area contributed by atoms with Gasteiger partial charge in [-0.3, -0.25) is 4.90 Å². The zero-order chi connectivity index (χ0) is 17.4. The molecule has 2 aromatic heterocycles. The topological polar surface area (TPSA) is 91.0 Å². The minimum absolute atomic E-state index is 0.293. The smallest absolute Gasteiger partial charge is 0.414 e. The molecule has 0 saturated carbocycles. The second-order valence-electron chi connectivity index (χ2n) is 5.63. The molecule has 1 atom stereocenters. The van der Waals surface area contributed by atoms with E-state index in [0.29, 0.717) is 30.3 Å². The van der Waals surface area contributed by atoms with Crippen LogP contribution in [0.25, 0.3) is 5.69 Å². The Morgan fingerprint density at radius 1 is 1.40 bits per heavy atom. The van der Waals surface area contributed by atoms with Crippen LogP contribution in [0, 0.1) is 12.7 Å². The van der Waals surface area contributed by atoms with E-state index in [1.165, 1.54) is 22.0 Å². The lowest BCUT2D eigenvalue weighted by atomic mass is 10.2. The third-order valence-electron chi connectivity index (χ3n) is 3.98. The summed E-state index contributed by atoms with van der Waals surface area (Å²) in [5, 5.41) is 10.8. The molecule has 4 rings (SSSR count). The number of aromatic nitrogens is 6. The number of halogens is 1. The highest BCUT2D eigenvalue weighted by atomic mass is 19.1. The Bertz CT molecular complexity index is 909. The largest absolute Gasteiger partial charge is 0.442 e. The van der Waals surface area contributed by atoms with Gasteiger partial charge in [0.2, 0.25) is 0 Å². The minimum Gasteiger partial charge on any atom is -0.442 e. The lowest BCUT2D eigenvalue weighted by Crippen LogP contribution is -2.26. The SMILES string of the molecule is Cc1nccn1-c1ccc(N2C[C@H](Cn3cnnn3)OC2=O)cc1F. The van der Waals surface area contributed by atoms with Crippen molar-refractivity contribution in [3.8, 4) is 5.69 Å². The van der Waals surface area contributed by atoms with Crippen LogP contribution in [0.1, 0.15) is 5.82 Å². The van der Waals surface area contributed by atoms with Crippen LogP contribution in [-0.2, 0) is 11.3 Å². The number of hydrogen-bond acceptors (Lipinski definition) is 6. The van der Waals surface area contributed by atoms with Crippen molar-refractivity contribution in [3.63, 3.8) is 0 Å². The Morgan fingerprint density at radius 2 is 2.28 bits per heavy atom. The van der Waals surface area contributed by atoms with E-state index >= 15 is 0 Å². The zero-order valence-corrected chi connectivity index (χ0v) is 13.3. The average Bonchev–Trinajstić information content (AvgIpc) is 3.30. The van der Waals surface area contributed by atoms with Crippen LogP contribution in [0.5, 0.6) is 0 Å². The van der Waals surface area contributed by atoms with Crippen molar-refractivity contribution in [3.05, 3.63) is 48.6 Å². The van der Waals surface area contributed by atoms with Crippen molar-refractivity contribution in [2.24, 2.45) is 0 Å². The number of nitrogens with zero attached hydrogens (tertiary/aromatic N) is 7. The van der Waals surface area contributed by atoms with Gasteiger partial charge in [-0.05, 0) is 35.5 Å². The number of hydrogen-bond donors (Lipinski definition) is 0. The molecule has 128 valence electrons. The molecule has 0 N–H and O–H groups in total. The Balaban J connectivity index is 1.55. The predicted octanol–water partition coefficient (Wildman–Crippen LogP) is 1.33. The summed E-state index contributed by atoms with van der Waals surface area (Å²) in [7, 11) is 0. The summed E-state index contributed by atoms with van der Waals surface area (Å²) in [6, 6.07) is 4.61. The van der Waals surface area contributed by atoms with Gasteiger partial charge in [0.1, 0.15) is 24.1 Å². The van der Waals surface area contributed by atoms with E-state index < -0.39 is 18.0 Å². The Hall–Kier alpha value is -3.30. The van der Waals surface area contributed by atoms with Gasteiger partial charge in [-0.2, -0.15) is 0 Å². The maximum atomic E-state index is 14.5. The molecule has 1 amide bonds. The van der Waals surface area contributed by atoms with E-state index in [-0.39, 0.29) is 0 Å². The number of anilines is 1. The second kappa shape index (κ2) is 5.96. The molecular formula is C15H14FN7O2. The summed E-state index contributed by atoms with van der Waals surface area (Å²) in [6.45, 7) is 2.42. The van der Waals surface area contributed by atoms with Gasteiger partial charge in [-0.1, -0.05) is 0 Å². The number of amides is 1. The molecule has 0 radical (unpaired) electrons. The molecular weight excluding hydrogens is 329 g/mol. The Kier molecular flexibility index (Phi) is 3.64. The quantitative estimate of drug-likeness (QED) is 0.710. The fourth-order valence-electron chi connectivity index (χ4n) is 2.79. The number of cyclic esters (lactones) is 1. The highest BCUT2D eigenvalue weighted by molar-refractivity contribution is 5.89. The lowest BCUT2D eigenvalue weighted by molar-refractivity contribution is 0.129. The van der Waals surface area contributed by atoms with Crippen LogP contribution in [0.15, 0.2) is 36.9 Å². The van der Waals surface area contributed by atoms with Gasteiger partial charge < -0.3 is 9.30 Å². The van der Waals surface area contributed by atoms with Gasteiger partial charge in [-0.25, -0.2) is 18.9 Å². The monoisotopic (exact) mass is 343 g/mol. The maximum absolute atomic E-state index is 14.5. The van der Waals surface area contributed by atoms with E-state index in [2.05, 4.69) is 20.5 Å². The molecule has 1 aliphatic rings. The maximum Gasteiger partial charge on any atom is 0.414 e. The van der Waals surface area contributed by atoms with Crippen LogP contribution < -0.4 is 4.90 Å². The van der Waals surface area contributed by atoms with Crippen molar-refractivity contribution < 1.29 is 13.9 Å². The molecule has 1 aromatic carbocycles. The van der Waals surface area contributed by atoms with Gasteiger partial charge in [0, 0.05) is 12.4 Å². The molecule has 3 aromatic rings. The third-order valence-corrected chi connectivity index (χ3v) is 3.98. The first-order valence-electron chi connectivity index (χ1n) is 7.60. The van der Waals surface area contributed by atoms with Gasteiger partial charge in [0.25, 0.3) is 0 Å². The van der Waals surface area contributed by atoms with E-state index in [9.17, 15) is 9.18 Å². The zero-order valence-electron chi connectivity index (χ0n) is 13.3. The first kappa shape index (κ1) is 15.2. The van der Waals surface area contributed by atoms with Crippen LogP contribution in [-0.4, -0.2) is 48.5 Å². The van der Waals surface area contributed by atoms with Gasteiger partial charge >= 0.3 is 6.09 Å². The molecule has 0 unspecified atom stereocenters. The standard InChI is InChI=1S/C15H14FN7O2/c1-10-17-4-5-22(10)14-3-2-11(6-13(14)16)23-8-12(25-15(23)24)7-21-9-18-19-20-21/h2-6,9,12H,7-8H2,1H3/t12-/m0/s1. The fraction of sp³-hybridized carbons (Fsp3) is 0.267. The predicted molar refractivity (Wildman–Crippen MR) is 83.7 cm³/mol. The summed E-state index contributed by atoms with van der Waals surface area (Å²) in [5.74, 6) is 0.226. The molecule has 0 spiro atoms. The lowest BCUT2D eigenvalue weighted by Gasteiger charge is -2.15.